The van der Waals surface area contributed by atoms with Crippen LogP contribution in [0.5, 0.6) is 11.5 Å². The number of hydrogen-bond donors (Lipinski definition) is 4. The summed E-state index contributed by atoms with van der Waals surface area (Å²) >= 11 is 1.39. The number of methoxy groups -OCH3 is 1. The van der Waals surface area contributed by atoms with Crippen molar-refractivity contribution >= 4 is 34.9 Å². The summed E-state index contributed by atoms with van der Waals surface area (Å²) in [6.07, 6.45) is 0.435. The Balaban J connectivity index is 1.34. The lowest BCUT2D eigenvalue weighted by Gasteiger charge is -2.25. The molecule has 12 heteroatoms. The number of hydrogen-bond acceptors (Lipinski definition) is 7. The summed E-state index contributed by atoms with van der Waals surface area (Å²) in [6.45, 7) is 2.28. The molecular formula is C29H32FN5O5S. The van der Waals surface area contributed by atoms with Crippen molar-refractivity contribution in [3.8, 4) is 11.5 Å². The number of amides is 3. The molecule has 41 heavy (non-hydrogen) atoms. The molecule has 3 aromatic rings. The van der Waals surface area contributed by atoms with Gasteiger partial charge in [-0.05, 0) is 67.9 Å². The van der Waals surface area contributed by atoms with E-state index in [-0.39, 0.29) is 42.0 Å². The molecule has 3 atom stereocenters. The quantitative estimate of drug-likeness (QED) is 0.202. The summed E-state index contributed by atoms with van der Waals surface area (Å²) < 4.78 is 24.0. The van der Waals surface area contributed by atoms with Crippen molar-refractivity contribution in [1.82, 2.24) is 15.5 Å². The first-order valence-electron chi connectivity index (χ1n) is 13.0. The van der Waals surface area contributed by atoms with E-state index in [4.69, 9.17) is 20.6 Å². The van der Waals surface area contributed by atoms with Gasteiger partial charge in [-0.3, -0.25) is 19.8 Å². The minimum atomic E-state index is -0.711. The number of likely N-dealkylation sites (tertiary alicyclic amines) is 1. The summed E-state index contributed by atoms with van der Waals surface area (Å²) in [5, 5.41) is 14.9. The van der Waals surface area contributed by atoms with Crippen molar-refractivity contribution in [2.24, 2.45) is 11.7 Å². The van der Waals surface area contributed by atoms with Crippen molar-refractivity contribution in [3.63, 3.8) is 0 Å². The molecule has 216 valence electrons. The number of ether oxygens (including phenoxy) is 2. The van der Waals surface area contributed by atoms with Gasteiger partial charge in [-0.1, -0.05) is 0 Å². The van der Waals surface area contributed by atoms with Crippen LogP contribution in [0.25, 0.3) is 0 Å². The van der Waals surface area contributed by atoms with Gasteiger partial charge in [-0.15, -0.1) is 11.3 Å². The topological polar surface area (TPSA) is 147 Å². The number of nitrogens with one attached hydrogen (secondary N) is 3. The lowest BCUT2D eigenvalue weighted by Crippen LogP contribution is -2.49. The van der Waals surface area contributed by atoms with Crippen LogP contribution in [0.3, 0.4) is 0 Å². The molecular weight excluding hydrogens is 549 g/mol. The largest absolute Gasteiger partial charge is 0.457 e. The van der Waals surface area contributed by atoms with E-state index in [9.17, 15) is 18.8 Å². The molecule has 2 aromatic carbocycles. The Kier molecular flexibility index (Phi) is 9.69. The molecule has 10 nitrogen and oxygen atoms in total. The number of rotatable bonds is 11. The van der Waals surface area contributed by atoms with Gasteiger partial charge in [0.1, 0.15) is 29.2 Å². The Labute approximate surface area is 241 Å². The van der Waals surface area contributed by atoms with Crippen molar-refractivity contribution in [2.45, 2.75) is 25.4 Å². The van der Waals surface area contributed by atoms with E-state index in [1.807, 2.05) is 6.92 Å². The zero-order chi connectivity index (χ0) is 29.5. The third kappa shape index (κ3) is 7.68. The molecule has 2 heterocycles. The molecule has 0 saturated carbocycles. The minimum Gasteiger partial charge on any atom is -0.457 e. The first kappa shape index (κ1) is 29.7. The highest BCUT2D eigenvalue weighted by atomic mass is 32.1. The van der Waals surface area contributed by atoms with Gasteiger partial charge in [0.25, 0.3) is 5.91 Å². The fourth-order valence-electron chi connectivity index (χ4n) is 4.58. The summed E-state index contributed by atoms with van der Waals surface area (Å²) in [4.78, 5) is 41.5. The summed E-state index contributed by atoms with van der Waals surface area (Å²) in [5.74, 6) is -0.646. The van der Waals surface area contributed by atoms with Crippen LogP contribution < -0.4 is 21.1 Å². The van der Waals surface area contributed by atoms with E-state index < -0.39 is 11.9 Å². The van der Waals surface area contributed by atoms with Gasteiger partial charge in [0.2, 0.25) is 11.8 Å². The van der Waals surface area contributed by atoms with Gasteiger partial charge in [0.15, 0.2) is 0 Å². The molecule has 0 radical (unpaired) electrons. The average molecular weight is 582 g/mol. The number of carbonyl (C=O) groups is 3. The standard InChI is InChI=1S/C29H32FN5O5S/c1-17(25-12-20(16-41-25)27(31)32)34-29(38)24-11-18(15-39-2)14-35(24)26(36)13-33-28(37)19-3-7-22(8-4-19)40-23-9-5-21(30)6-10-23/h3-10,12,16-18,24H,11,13-15H2,1-2H3,(H3,31,32)(H,33,37)(H,34,38)/t17-,18-,24+/m1/s1. The van der Waals surface area contributed by atoms with Crippen molar-refractivity contribution in [3.05, 3.63) is 81.8 Å². The van der Waals surface area contributed by atoms with Gasteiger partial charge in [0.05, 0.1) is 19.2 Å². The Morgan fingerprint density at radius 1 is 1.12 bits per heavy atom. The van der Waals surface area contributed by atoms with Crippen LogP contribution >= 0.6 is 11.3 Å². The number of benzene rings is 2. The Bertz CT molecular complexity index is 1400. The molecule has 5 N–H and O–H groups in total. The molecule has 4 rings (SSSR count). The highest BCUT2D eigenvalue weighted by Gasteiger charge is 2.39. The predicted octanol–water partition coefficient (Wildman–Crippen LogP) is 3.43. The molecule has 1 aliphatic heterocycles. The molecule has 0 spiro atoms. The van der Waals surface area contributed by atoms with E-state index in [0.717, 1.165) is 4.88 Å². The molecule has 0 aliphatic carbocycles. The van der Waals surface area contributed by atoms with Crippen LogP contribution in [-0.2, 0) is 14.3 Å². The highest BCUT2D eigenvalue weighted by molar-refractivity contribution is 7.10. The Morgan fingerprint density at radius 2 is 1.78 bits per heavy atom. The summed E-state index contributed by atoms with van der Waals surface area (Å²) in [6, 6.07) is 12.6. The van der Waals surface area contributed by atoms with Crippen LogP contribution in [0.15, 0.2) is 60.0 Å². The lowest BCUT2D eigenvalue weighted by molar-refractivity contribution is -0.138. The number of carbonyl (C=O) groups excluding carboxylic acids is 3. The van der Waals surface area contributed by atoms with Gasteiger partial charge in [0, 0.05) is 41.0 Å². The number of nitrogen functional groups attached to an aromatic ring is 1. The summed E-state index contributed by atoms with van der Waals surface area (Å²) in [7, 11) is 1.57. The molecule has 1 aliphatic rings. The summed E-state index contributed by atoms with van der Waals surface area (Å²) in [5.41, 5.74) is 6.47. The maximum Gasteiger partial charge on any atom is 0.251 e. The van der Waals surface area contributed by atoms with Crippen LogP contribution in [0.1, 0.15) is 40.2 Å². The monoisotopic (exact) mass is 581 g/mol. The van der Waals surface area contributed by atoms with Gasteiger partial charge in [-0.2, -0.15) is 0 Å². The van der Waals surface area contributed by atoms with E-state index >= 15 is 0 Å². The molecule has 1 saturated heterocycles. The Morgan fingerprint density at radius 3 is 2.39 bits per heavy atom. The molecule has 1 fully saturated rings. The number of thiophene rings is 1. The van der Waals surface area contributed by atoms with Crippen molar-refractivity contribution < 1.29 is 28.2 Å². The first-order chi connectivity index (χ1) is 19.6. The van der Waals surface area contributed by atoms with Gasteiger partial charge >= 0.3 is 0 Å². The van der Waals surface area contributed by atoms with E-state index in [1.54, 1.807) is 42.8 Å². The van der Waals surface area contributed by atoms with Gasteiger partial charge in [-0.25, -0.2) is 4.39 Å². The van der Waals surface area contributed by atoms with Crippen LogP contribution in [-0.4, -0.2) is 61.3 Å². The third-order valence-corrected chi connectivity index (χ3v) is 7.81. The average Bonchev–Trinajstić information content (AvgIpc) is 3.62. The zero-order valence-electron chi connectivity index (χ0n) is 22.7. The zero-order valence-corrected chi connectivity index (χ0v) is 23.5. The van der Waals surface area contributed by atoms with Crippen LogP contribution in [0, 0.1) is 17.1 Å². The number of nitrogens with two attached hydrogens (primary N) is 1. The van der Waals surface area contributed by atoms with Gasteiger partial charge < -0.3 is 30.7 Å². The van der Waals surface area contributed by atoms with Crippen molar-refractivity contribution in [2.75, 3.05) is 26.8 Å². The SMILES string of the molecule is COC[C@@H]1C[C@@H](C(=O)N[C@H](C)c2cc(C(=N)N)cs2)N(C(=O)CNC(=O)c2ccc(Oc3ccc(F)cc3)cc2)C1. The smallest absolute Gasteiger partial charge is 0.251 e. The second-order valence-electron chi connectivity index (χ2n) is 9.76. The van der Waals surface area contributed by atoms with Crippen LogP contribution in [0.4, 0.5) is 4.39 Å². The Hall–Kier alpha value is -4.29. The maximum absolute atomic E-state index is 13.2. The molecule has 1 aromatic heterocycles. The van der Waals surface area contributed by atoms with Crippen molar-refractivity contribution in [1.29, 1.82) is 5.41 Å². The highest BCUT2D eigenvalue weighted by Crippen LogP contribution is 2.27. The number of halogens is 1. The maximum atomic E-state index is 13.2. The van der Waals surface area contributed by atoms with E-state index in [0.29, 0.717) is 42.2 Å². The first-order valence-corrected chi connectivity index (χ1v) is 13.9. The fraction of sp³-hybridized carbons (Fsp3) is 0.310. The molecule has 0 bridgehead atoms. The number of nitrogens with zero attached hydrogens (tertiary/aromatic N) is 1. The second-order valence-corrected chi connectivity index (χ2v) is 10.7. The third-order valence-electron chi connectivity index (χ3n) is 6.70. The second kappa shape index (κ2) is 13.4. The normalized spacial score (nSPS) is 17.1. The van der Waals surface area contributed by atoms with E-state index in [2.05, 4.69) is 10.6 Å². The molecule has 0 unspecified atom stereocenters. The van der Waals surface area contributed by atoms with Crippen LogP contribution in [0.2, 0.25) is 0 Å². The number of amidine groups is 1. The minimum absolute atomic E-state index is 0.0228. The lowest BCUT2D eigenvalue weighted by atomic mass is 10.1. The fourth-order valence-corrected chi connectivity index (χ4v) is 5.49. The predicted molar refractivity (Wildman–Crippen MR) is 153 cm³/mol. The van der Waals surface area contributed by atoms with E-state index in [1.165, 1.54) is 40.5 Å². The molecule has 3 amide bonds.